The minimum Gasteiger partial charge on any atom is -0.321 e. The minimum absolute atomic E-state index is 0.123. The van der Waals surface area contributed by atoms with Crippen LogP contribution in [0.25, 0.3) is 0 Å². The Morgan fingerprint density at radius 3 is 2.14 bits per heavy atom. The molecule has 0 fully saturated rings. The van der Waals surface area contributed by atoms with Crippen molar-refractivity contribution in [3.63, 3.8) is 0 Å². The molecule has 1 aromatic rings. The van der Waals surface area contributed by atoms with Crippen LogP contribution in [0.1, 0.15) is 44.2 Å². The molecule has 0 aliphatic carbocycles. The van der Waals surface area contributed by atoms with Gasteiger partial charge in [-0.1, -0.05) is 50.1 Å². The molecule has 78 valence electrons. The average Bonchev–Trinajstić information content (AvgIpc) is 2.19. The molecule has 0 saturated heterocycles. The lowest BCUT2D eigenvalue weighted by Gasteiger charge is -2.28. The molecule has 1 unspecified atom stereocenters. The van der Waals surface area contributed by atoms with Gasteiger partial charge in [-0.25, -0.2) is 0 Å². The van der Waals surface area contributed by atoms with Crippen molar-refractivity contribution in [3.05, 3.63) is 35.4 Å². The van der Waals surface area contributed by atoms with Gasteiger partial charge >= 0.3 is 0 Å². The number of hydrogen-bond acceptors (Lipinski definition) is 1. The second kappa shape index (κ2) is 4.61. The van der Waals surface area contributed by atoms with Crippen molar-refractivity contribution in [1.29, 1.82) is 0 Å². The van der Waals surface area contributed by atoms with Gasteiger partial charge in [0.05, 0.1) is 0 Å². The van der Waals surface area contributed by atoms with Crippen molar-refractivity contribution in [2.75, 3.05) is 0 Å². The van der Waals surface area contributed by atoms with Gasteiger partial charge in [0.2, 0.25) is 0 Å². The Morgan fingerprint density at radius 2 is 1.71 bits per heavy atom. The molecule has 0 radical (unpaired) electrons. The highest BCUT2D eigenvalue weighted by Gasteiger charge is 2.23. The molecule has 0 aliphatic rings. The van der Waals surface area contributed by atoms with E-state index < -0.39 is 0 Å². The molecule has 0 bridgehead atoms. The molecular weight excluding hydrogens is 170 g/mol. The fourth-order valence-electron chi connectivity index (χ4n) is 1.86. The topological polar surface area (TPSA) is 26.0 Å². The Morgan fingerprint density at radius 1 is 1.14 bits per heavy atom. The summed E-state index contributed by atoms with van der Waals surface area (Å²) in [6, 6.07) is 8.60. The van der Waals surface area contributed by atoms with Crippen LogP contribution in [0.5, 0.6) is 0 Å². The van der Waals surface area contributed by atoms with Crippen LogP contribution in [0.15, 0.2) is 24.3 Å². The number of hydrogen-bond donors (Lipinski definition) is 1. The van der Waals surface area contributed by atoms with E-state index in [1.165, 1.54) is 11.1 Å². The number of nitrogens with two attached hydrogens (primary N) is 1. The monoisotopic (exact) mass is 191 g/mol. The van der Waals surface area contributed by atoms with Crippen LogP contribution in [-0.2, 0) is 5.54 Å². The summed E-state index contributed by atoms with van der Waals surface area (Å²) in [7, 11) is 0. The van der Waals surface area contributed by atoms with Gasteiger partial charge < -0.3 is 5.73 Å². The lowest BCUT2D eigenvalue weighted by molar-refractivity contribution is 0.390. The normalized spacial score (nSPS) is 15.1. The summed E-state index contributed by atoms with van der Waals surface area (Å²) >= 11 is 0. The molecule has 0 amide bonds. The van der Waals surface area contributed by atoms with Crippen LogP contribution in [0.3, 0.4) is 0 Å². The second-order valence-electron chi connectivity index (χ2n) is 4.13. The predicted molar refractivity (Wildman–Crippen MR) is 62.2 cm³/mol. The summed E-state index contributed by atoms with van der Waals surface area (Å²) in [4.78, 5) is 0. The summed E-state index contributed by atoms with van der Waals surface area (Å²) in [5, 5.41) is 0. The van der Waals surface area contributed by atoms with Crippen LogP contribution in [-0.4, -0.2) is 0 Å². The van der Waals surface area contributed by atoms with Crippen LogP contribution in [0.2, 0.25) is 0 Å². The molecule has 0 aromatic heterocycles. The van der Waals surface area contributed by atoms with Gasteiger partial charge in [0.15, 0.2) is 0 Å². The third-order valence-corrected chi connectivity index (χ3v) is 2.95. The molecule has 1 aromatic carbocycles. The van der Waals surface area contributed by atoms with E-state index >= 15 is 0 Å². The number of rotatable bonds is 4. The third-order valence-electron chi connectivity index (χ3n) is 2.95. The molecule has 0 aliphatic heterocycles. The Labute approximate surface area is 87.3 Å². The van der Waals surface area contributed by atoms with E-state index in [0.29, 0.717) is 0 Å². The number of aryl methyl sites for hydroxylation is 1. The zero-order valence-electron chi connectivity index (χ0n) is 9.51. The maximum absolute atomic E-state index is 6.38. The lowest BCUT2D eigenvalue weighted by atomic mass is 9.84. The van der Waals surface area contributed by atoms with Crippen molar-refractivity contribution in [2.45, 2.75) is 45.6 Å². The van der Waals surface area contributed by atoms with Crippen molar-refractivity contribution >= 4 is 0 Å². The zero-order chi connectivity index (χ0) is 10.6. The van der Waals surface area contributed by atoms with Crippen molar-refractivity contribution in [2.24, 2.45) is 5.73 Å². The first-order valence-corrected chi connectivity index (χ1v) is 5.48. The standard InChI is InChI=1S/C13H21N/c1-4-10-13(14,5-2)12-8-6-11(3)7-9-12/h6-9H,4-5,10,14H2,1-3H3. The van der Waals surface area contributed by atoms with Gasteiger partial charge in [0, 0.05) is 5.54 Å². The van der Waals surface area contributed by atoms with Gasteiger partial charge in [-0.05, 0) is 25.3 Å². The molecule has 1 atom stereocenters. The molecule has 1 heteroatoms. The largest absolute Gasteiger partial charge is 0.321 e. The summed E-state index contributed by atoms with van der Waals surface area (Å²) in [6.07, 6.45) is 3.20. The summed E-state index contributed by atoms with van der Waals surface area (Å²) in [5.74, 6) is 0. The van der Waals surface area contributed by atoms with E-state index in [0.717, 1.165) is 19.3 Å². The molecule has 0 heterocycles. The lowest BCUT2D eigenvalue weighted by Crippen LogP contribution is -2.35. The molecule has 2 N–H and O–H groups in total. The molecule has 1 rings (SSSR count). The zero-order valence-corrected chi connectivity index (χ0v) is 9.51. The van der Waals surface area contributed by atoms with Gasteiger partial charge in [-0.15, -0.1) is 0 Å². The van der Waals surface area contributed by atoms with E-state index in [-0.39, 0.29) is 5.54 Å². The fourth-order valence-corrected chi connectivity index (χ4v) is 1.86. The SMILES string of the molecule is CCCC(N)(CC)c1ccc(C)cc1. The third kappa shape index (κ3) is 2.36. The van der Waals surface area contributed by atoms with Gasteiger partial charge in [-0.3, -0.25) is 0 Å². The summed E-state index contributed by atoms with van der Waals surface area (Å²) < 4.78 is 0. The fraction of sp³-hybridized carbons (Fsp3) is 0.538. The van der Waals surface area contributed by atoms with Crippen molar-refractivity contribution < 1.29 is 0 Å². The average molecular weight is 191 g/mol. The Hall–Kier alpha value is -0.820. The van der Waals surface area contributed by atoms with E-state index in [9.17, 15) is 0 Å². The molecule has 14 heavy (non-hydrogen) atoms. The summed E-state index contributed by atoms with van der Waals surface area (Å²) in [5.41, 5.74) is 8.82. The second-order valence-corrected chi connectivity index (χ2v) is 4.13. The highest BCUT2D eigenvalue weighted by Crippen LogP contribution is 2.27. The first kappa shape index (κ1) is 11.3. The quantitative estimate of drug-likeness (QED) is 0.776. The van der Waals surface area contributed by atoms with E-state index in [2.05, 4.69) is 45.0 Å². The van der Waals surface area contributed by atoms with Crippen LogP contribution in [0, 0.1) is 6.92 Å². The van der Waals surface area contributed by atoms with Gasteiger partial charge in [0.1, 0.15) is 0 Å². The first-order valence-electron chi connectivity index (χ1n) is 5.48. The van der Waals surface area contributed by atoms with Crippen LogP contribution in [0.4, 0.5) is 0 Å². The Bertz CT molecular complexity index is 276. The van der Waals surface area contributed by atoms with E-state index in [1.54, 1.807) is 0 Å². The van der Waals surface area contributed by atoms with Gasteiger partial charge in [-0.2, -0.15) is 0 Å². The smallest absolute Gasteiger partial charge is 0.0406 e. The van der Waals surface area contributed by atoms with Crippen molar-refractivity contribution in [3.8, 4) is 0 Å². The Kier molecular flexibility index (Phi) is 3.70. The highest BCUT2D eigenvalue weighted by molar-refractivity contribution is 5.27. The Balaban J connectivity index is 2.94. The highest BCUT2D eigenvalue weighted by atomic mass is 14.7. The predicted octanol–water partition coefficient (Wildman–Crippen LogP) is 3.36. The maximum Gasteiger partial charge on any atom is 0.0406 e. The minimum atomic E-state index is -0.123. The van der Waals surface area contributed by atoms with E-state index in [1.807, 2.05) is 0 Å². The molecular formula is C13H21N. The molecule has 1 nitrogen and oxygen atoms in total. The number of benzene rings is 1. The van der Waals surface area contributed by atoms with E-state index in [4.69, 9.17) is 5.73 Å². The summed E-state index contributed by atoms with van der Waals surface area (Å²) in [6.45, 7) is 6.45. The maximum atomic E-state index is 6.38. The first-order chi connectivity index (χ1) is 6.62. The molecule has 0 saturated carbocycles. The van der Waals surface area contributed by atoms with Gasteiger partial charge in [0.25, 0.3) is 0 Å². The molecule has 0 spiro atoms. The van der Waals surface area contributed by atoms with Crippen molar-refractivity contribution in [1.82, 2.24) is 0 Å². The van der Waals surface area contributed by atoms with Crippen LogP contribution < -0.4 is 5.73 Å². The van der Waals surface area contributed by atoms with Crippen LogP contribution >= 0.6 is 0 Å².